The lowest BCUT2D eigenvalue weighted by atomic mass is 10.0. The molecular formula is C76H148O17P2. The lowest BCUT2D eigenvalue weighted by Crippen LogP contribution is -2.30. The van der Waals surface area contributed by atoms with Crippen LogP contribution in [0.1, 0.15) is 395 Å². The van der Waals surface area contributed by atoms with Crippen LogP contribution in [0.3, 0.4) is 0 Å². The van der Waals surface area contributed by atoms with Crippen molar-refractivity contribution in [2.24, 2.45) is 11.8 Å². The summed E-state index contributed by atoms with van der Waals surface area (Å²) in [6, 6.07) is 0. The molecule has 3 N–H and O–H groups in total. The second kappa shape index (κ2) is 67.9. The zero-order valence-electron chi connectivity index (χ0n) is 62.0. The van der Waals surface area contributed by atoms with Gasteiger partial charge in [0.15, 0.2) is 12.2 Å². The number of aliphatic hydroxyl groups excluding tert-OH is 1. The summed E-state index contributed by atoms with van der Waals surface area (Å²) in [5.41, 5.74) is 0. The molecule has 0 fully saturated rings. The lowest BCUT2D eigenvalue weighted by Gasteiger charge is -2.21. The summed E-state index contributed by atoms with van der Waals surface area (Å²) >= 11 is 0. The van der Waals surface area contributed by atoms with Crippen molar-refractivity contribution in [3.05, 3.63) is 0 Å². The summed E-state index contributed by atoms with van der Waals surface area (Å²) in [4.78, 5) is 72.7. The molecule has 17 nitrogen and oxygen atoms in total. The van der Waals surface area contributed by atoms with Crippen molar-refractivity contribution in [2.75, 3.05) is 39.6 Å². The Labute approximate surface area is 581 Å². The SMILES string of the molecule is CCCCCCCCCCCCCCCCCCCCCCCCC(=O)O[C@H](COC(=O)CCCCCCCCCCCCC(C)C)COP(=O)(O)OC[C@@H](O)COP(=O)(O)OC[C@@H](COC(=O)CCCCCCCCCCC)OC(=O)CCCCCCCCCCC(C)C. The maximum Gasteiger partial charge on any atom is 0.472 e. The summed E-state index contributed by atoms with van der Waals surface area (Å²) in [5, 5.41) is 10.6. The van der Waals surface area contributed by atoms with Crippen LogP contribution in [0.4, 0.5) is 0 Å². The summed E-state index contributed by atoms with van der Waals surface area (Å²) in [5.74, 6) is -0.644. The van der Waals surface area contributed by atoms with Crippen LogP contribution in [-0.4, -0.2) is 96.7 Å². The number of rotatable bonds is 75. The van der Waals surface area contributed by atoms with Gasteiger partial charge in [-0.25, -0.2) is 9.13 Å². The third-order valence-corrected chi connectivity index (χ3v) is 19.6. The molecule has 0 bridgehead atoms. The van der Waals surface area contributed by atoms with Crippen LogP contribution < -0.4 is 0 Å². The third-order valence-electron chi connectivity index (χ3n) is 17.7. The van der Waals surface area contributed by atoms with Crippen LogP contribution in [0.5, 0.6) is 0 Å². The number of esters is 4. The second-order valence-corrected chi connectivity index (χ2v) is 31.3. The van der Waals surface area contributed by atoms with Gasteiger partial charge in [0.25, 0.3) is 0 Å². The summed E-state index contributed by atoms with van der Waals surface area (Å²) in [6.07, 6.45) is 55.8. The lowest BCUT2D eigenvalue weighted by molar-refractivity contribution is -0.161. The molecule has 0 heterocycles. The van der Waals surface area contributed by atoms with Crippen LogP contribution >= 0.6 is 15.6 Å². The number of aliphatic hydroxyl groups is 1. The molecule has 0 amide bonds. The molecular weight excluding hydrogens is 1250 g/mol. The zero-order valence-corrected chi connectivity index (χ0v) is 63.8. The van der Waals surface area contributed by atoms with Gasteiger partial charge in [0.1, 0.15) is 19.3 Å². The summed E-state index contributed by atoms with van der Waals surface area (Å²) in [6.45, 7) is 9.52. The number of hydrogen-bond donors (Lipinski definition) is 3. The average molecular weight is 1400 g/mol. The molecule has 0 saturated carbocycles. The minimum atomic E-state index is -4.96. The molecule has 564 valence electrons. The Balaban J connectivity index is 5.17. The van der Waals surface area contributed by atoms with Gasteiger partial charge >= 0.3 is 39.5 Å². The van der Waals surface area contributed by atoms with E-state index in [2.05, 4.69) is 41.5 Å². The number of hydrogen-bond acceptors (Lipinski definition) is 15. The summed E-state index contributed by atoms with van der Waals surface area (Å²) < 4.78 is 68.4. The first-order chi connectivity index (χ1) is 45.9. The molecule has 2 unspecified atom stereocenters. The van der Waals surface area contributed by atoms with Crippen molar-refractivity contribution < 1.29 is 80.2 Å². The van der Waals surface area contributed by atoms with Gasteiger partial charge in [-0.05, 0) is 37.5 Å². The molecule has 0 radical (unpaired) electrons. The van der Waals surface area contributed by atoms with Crippen LogP contribution in [-0.2, 0) is 65.4 Å². The van der Waals surface area contributed by atoms with E-state index in [9.17, 15) is 43.2 Å². The number of unbranched alkanes of at least 4 members (excludes halogenated alkanes) is 45. The Morgan fingerprint density at radius 1 is 0.284 bits per heavy atom. The van der Waals surface area contributed by atoms with E-state index in [0.717, 1.165) is 102 Å². The monoisotopic (exact) mass is 1400 g/mol. The van der Waals surface area contributed by atoms with Crippen LogP contribution in [0.2, 0.25) is 0 Å². The minimum absolute atomic E-state index is 0.105. The second-order valence-electron chi connectivity index (χ2n) is 28.3. The van der Waals surface area contributed by atoms with Gasteiger partial charge in [-0.1, -0.05) is 343 Å². The van der Waals surface area contributed by atoms with E-state index in [0.29, 0.717) is 25.7 Å². The van der Waals surface area contributed by atoms with E-state index in [4.69, 9.17) is 37.0 Å². The minimum Gasteiger partial charge on any atom is -0.462 e. The predicted molar refractivity (Wildman–Crippen MR) is 386 cm³/mol. The highest BCUT2D eigenvalue weighted by molar-refractivity contribution is 7.47. The van der Waals surface area contributed by atoms with Gasteiger partial charge in [-0.2, -0.15) is 0 Å². The number of ether oxygens (including phenoxy) is 4. The molecule has 19 heteroatoms. The molecule has 5 atom stereocenters. The first kappa shape index (κ1) is 93.1. The maximum absolute atomic E-state index is 13.1. The molecule has 0 aliphatic carbocycles. The Morgan fingerprint density at radius 2 is 0.484 bits per heavy atom. The van der Waals surface area contributed by atoms with Crippen LogP contribution in [0, 0.1) is 11.8 Å². The van der Waals surface area contributed by atoms with E-state index in [-0.39, 0.29) is 25.7 Å². The van der Waals surface area contributed by atoms with Gasteiger partial charge in [0.2, 0.25) is 0 Å². The standard InChI is InChI=1S/C76H148O17P2/c1-7-9-11-13-15-17-18-19-20-21-22-23-24-25-26-27-28-29-35-42-48-54-60-75(80)92-71(65-87-74(79)59-53-47-41-34-31-30-33-38-44-50-56-68(3)4)66-90-94(82,83)88-62-70(77)63-89-95(84,85)91-67-72(64-86-73(78)58-52-46-40-32-16-14-12-10-8-2)93-76(81)61-55-49-43-37-36-39-45-51-57-69(5)6/h68-72,77H,7-67H2,1-6H3,(H,82,83)(H,84,85)/t70-,71-,72-/m1/s1. The van der Waals surface area contributed by atoms with E-state index >= 15 is 0 Å². The molecule has 0 saturated heterocycles. The van der Waals surface area contributed by atoms with Crippen molar-refractivity contribution in [3.8, 4) is 0 Å². The Bertz CT molecular complexity index is 1840. The largest absolute Gasteiger partial charge is 0.472 e. The Kier molecular flexibility index (Phi) is 66.5. The Hall–Kier alpha value is -1.94. The van der Waals surface area contributed by atoms with Crippen molar-refractivity contribution in [1.82, 2.24) is 0 Å². The fourth-order valence-electron chi connectivity index (χ4n) is 11.7. The maximum atomic E-state index is 13.1. The third kappa shape index (κ3) is 70.3. The number of carbonyl (C=O) groups is 4. The molecule has 0 aromatic rings. The average Bonchev–Trinajstić information content (AvgIpc) is 3.63. The first-order valence-electron chi connectivity index (χ1n) is 39.5. The quantitative estimate of drug-likeness (QED) is 0.0222. The van der Waals surface area contributed by atoms with Crippen molar-refractivity contribution in [3.63, 3.8) is 0 Å². The Morgan fingerprint density at radius 3 is 0.716 bits per heavy atom. The molecule has 0 aliphatic rings. The topological polar surface area (TPSA) is 237 Å². The van der Waals surface area contributed by atoms with E-state index in [1.165, 1.54) is 212 Å². The molecule has 0 spiro atoms. The smallest absolute Gasteiger partial charge is 0.462 e. The van der Waals surface area contributed by atoms with Gasteiger partial charge in [0, 0.05) is 25.7 Å². The van der Waals surface area contributed by atoms with Crippen LogP contribution in [0.25, 0.3) is 0 Å². The molecule has 0 aliphatic heterocycles. The van der Waals surface area contributed by atoms with Crippen molar-refractivity contribution >= 4 is 39.5 Å². The molecule has 0 rings (SSSR count). The number of phosphoric acid groups is 2. The zero-order chi connectivity index (χ0) is 70.0. The predicted octanol–water partition coefficient (Wildman–Crippen LogP) is 22.3. The molecule has 0 aromatic heterocycles. The van der Waals surface area contributed by atoms with Gasteiger partial charge in [-0.3, -0.25) is 37.3 Å². The molecule has 0 aromatic carbocycles. The summed E-state index contributed by atoms with van der Waals surface area (Å²) in [7, 11) is -9.91. The fourth-order valence-corrected chi connectivity index (χ4v) is 13.2. The highest BCUT2D eigenvalue weighted by Gasteiger charge is 2.30. The van der Waals surface area contributed by atoms with E-state index in [1.807, 2.05) is 0 Å². The fraction of sp³-hybridized carbons (Fsp3) is 0.947. The number of phosphoric ester groups is 2. The van der Waals surface area contributed by atoms with E-state index in [1.54, 1.807) is 0 Å². The first-order valence-corrected chi connectivity index (χ1v) is 42.5. The van der Waals surface area contributed by atoms with E-state index < -0.39 is 97.5 Å². The normalized spacial score (nSPS) is 14.0. The van der Waals surface area contributed by atoms with Gasteiger partial charge in [0.05, 0.1) is 26.4 Å². The van der Waals surface area contributed by atoms with Crippen molar-refractivity contribution in [2.45, 2.75) is 413 Å². The van der Waals surface area contributed by atoms with Gasteiger partial charge < -0.3 is 33.8 Å². The van der Waals surface area contributed by atoms with Gasteiger partial charge in [-0.15, -0.1) is 0 Å². The highest BCUT2D eigenvalue weighted by atomic mass is 31.2. The van der Waals surface area contributed by atoms with Crippen molar-refractivity contribution in [1.29, 1.82) is 0 Å². The highest BCUT2D eigenvalue weighted by Crippen LogP contribution is 2.45. The molecule has 95 heavy (non-hydrogen) atoms. The number of carbonyl (C=O) groups excluding carboxylic acids is 4. The van der Waals surface area contributed by atoms with Crippen LogP contribution in [0.15, 0.2) is 0 Å².